The monoisotopic (exact) mass is 541 g/mol. The van der Waals surface area contributed by atoms with E-state index in [1.165, 1.54) is 13.2 Å². The second kappa shape index (κ2) is 11.4. The summed E-state index contributed by atoms with van der Waals surface area (Å²) in [5, 5.41) is 0. The Balaban J connectivity index is 2.00. The van der Waals surface area contributed by atoms with Gasteiger partial charge in [-0.25, -0.2) is 9.18 Å². The highest BCUT2D eigenvalue weighted by atomic mass is 28.3. The van der Waals surface area contributed by atoms with E-state index in [4.69, 9.17) is 10.5 Å². The highest BCUT2D eigenvalue weighted by molar-refractivity contribution is 6.79. The van der Waals surface area contributed by atoms with Gasteiger partial charge in [0.1, 0.15) is 5.82 Å². The van der Waals surface area contributed by atoms with Crippen LogP contribution >= 0.6 is 0 Å². The van der Waals surface area contributed by atoms with Gasteiger partial charge in [-0.15, -0.1) is 14.1 Å². The molecule has 2 N–H and O–H groups in total. The van der Waals surface area contributed by atoms with Crippen LogP contribution in [0.25, 0.3) is 0 Å². The summed E-state index contributed by atoms with van der Waals surface area (Å²) in [6, 6.07) is 11.8. The quantitative estimate of drug-likeness (QED) is 0.411. The number of halogens is 1. The summed E-state index contributed by atoms with van der Waals surface area (Å²) in [6.45, 7) is 12.0. The Morgan fingerprint density at radius 3 is 2.29 bits per heavy atom. The number of benzene rings is 2. The van der Waals surface area contributed by atoms with Crippen molar-refractivity contribution in [1.29, 1.82) is 0 Å². The molecule has 7 nitrogen and oxygen atoms in total. The van der Waals surface area contributed by atoms with Gasteiger partial charge in [0.25, 0.3) is 0 Å². The predicted octanol–water partition coefficient (Wildman–Crippen LogP) is 4.53. The molecule has 1 fully saturated rings. The third-order valence-electron chi connectivity index (χ3n) is 7.32. The number of nitrogens with two attached hydrogens (primary N) is 1. The van der Waals surface area contributed by atoms with Gasteiger partial charge in [-0.2, -0.15) is 13.1 Å². The van der Waals surface area contributed by atoms with E-state index in [2.05, 4.69) is 13.1 Å². The van der Waals surface area contributed by atoms with Gasteiger partial charge < -0.3 is 20.3 Å². The van der Waals surface area contributed by atoms with Crippen LogP contribution in [0.5, 0.6) is 0 Å². The van der Waals surface area contributed by atoms with Crippen molar-refractivity contribution in [3.8, 4) is 0 Å². The molecule has 207 valence electrons. The molecule has 1 heterocycles. The number of rotatable bonds is 7. The highest BCUT2D eigenvalue weighted by Crippen LogP contribution is 2.34. The number of nitrogens with zero attached hydrogens (tertiary/aromatic N) is 2. The lowest BCUT2D eigenvalue weighted by molar-refractivity contribution is -0.147. The molecule has 1 aliphatic heterocycles. The van der Waals surface area contributed by atoms with Crippen molar-refractivity contribution >= 4 is 25.9 Å². The van der Waals surface area contributed by atoms with Crippen LogP contribution in [-0.4, -0.2) is 61.0 Å². The van der Waals surface area contributed by atoms with Crippen molar-refractivity contribution in [3.63, 3.8) is 0 Å². The minimum Gasteiger partial charge on any atom is -0.465 e. The highest BCUT2D eigenvalue weighted by Gasteiger charge is 2.43. The van der Waals surface area contributed by atoms with E-state index in [9.17, 15) is 18.8 Å². The molecule has 3 rings (SSSR count). The Morgan fingerprint density at radius 2 is 1.74 bits per heavy atom. The maximum absolute atomic E-state index is 14.9. The molecule has 0 spiro atoms. The lowest BCUT2D eigenvalue weighted by Gasteiger charge is -2.38. The summed E-state index contributed by atoms with van der Waals surface area (Å²) in [6.07, 6.45) is 0.543. The summed E-state index contributed by atoms with van der Waals surface area (Å²) in [4.78, 5) is 43.0. The zero-order chi connectivity index (χ0) is 28.4. The lowest BCUT2D eigenvalue weighted by atomic mass is 9.86. The fourth-order valence-corrected chi connectivity index (χ4v) is 7.78. The van der Waals surface area contributed by atoms with Gasteiger partial charge >= 0.3 is 5.97 Å². The van der Waals surface area contributed by atoms with E-state index in [1.54, 1.807) is 59.2 Å². The van der Waals surface area contributed by atoms with Gasteiger partial charge in [-0.1, -0.05) is 57.3 Å². The minimum absolute atomic E-state index is 0.182. The van der Waals surface area contributed by atoms with Gasteiger partial charge in [0.15, 0.2) is 0 Å². The average molecular weight is 542 g/mol. The van der Waals surface area contributed by atoms with Crippen LogP contribution in [0, 0.1) is 11.2 Å². The lowest BCUT2D eigenvalue weighted by Crippen LogP contribution is -2.55. The van der Waals surface area contributed by atoms with Gasteiger partial charge in [-0.3, -0.25) is 9.59 Å². The molecule has 0 aliphatic carbocycles. The Hall–Kier alpha value is -3.04. The standard InChI is InChI=1S/C29H40FN3O4Si/c1-19(22-10-8-9-11-23(22)30)32(16-20-12-14-21(15-13-20)28(36)37-5)26(34)24-17-38(6,7)18-33(24)27(35)25(31)29(2,3)4/h8-15,19,24-25H,16-18,31H2,1-7H3/q-1. The molecule has 1 saturated heterocycles. The second-order valence-corrected chi connectivity index (χ2v) is 17.1. The van der Waals surface area contributed by atoms with Gasteiger partial charge in [0, 0.05) is 12.1 Å². The number of ether oxygens (including phenoxy) is 1. The maximum Gasteiger partial charge on any atom is 0.337 e. The van der Waals surface area contributed by atoms with Crippen molar-refractivity contribution in [3.05, 3.63) is 71.0 Å². The molecule has 38 heavy (non-hydrogen) atoms. The molecule has 1 aliphatic rings. The summed E-state index contributed by atoms with van der Waals surface area (Å²) in [7, 11) is -0.590. The first-order chi connectivity index (χ1) is 17.7. The predicted molar refractivity (Wildman–Crippen MR) is 148 cm³/mol. The van der Waals surface area contributed by atoms with Crippen molar-refractivity contribution < 1.29 is 23.5 Å². The van der Waals surface area contributed by atoms with E-state index < -0.39 is 43.4 Å². The van der Waals surface area contributed by atoms with E-state index in [-0.39, 0.29) is 18.4 Å². The molecule has 0 saturated carbocycles. The Bertz CT molecular complexity index is 1180. The Kier molecular flexibility index (Phi) is 8.83. The molecular weight excluding hydrogens is 501 g/mol. The molecule has 0 bridgehead atoms. The number of hydrogen-bond acceptors (Lipinski definition) is 5. The first-order valence-corrected chi connectivity index (χ1v) is 16.4. The van der Waals surface area contributed by atoms with Crippen LogP contribution in [0.1, 0.15) is 55.2 Å². The molecule has 2 aromatic carbocycles. The molecule has 0 radical (unpaired) electrons. The zero-order valence-electron chi connectivity index (χ0n) is 23.5. The van der Waals surface area contributed by atoms with Gasteiger partial charge in [-0.05, 0) is 36.1 Å². The second-order valence-electron chi connectivity index (χ2n) is 12.0. The van der Waals surface area contributed by atoms with Gasteiger partial charge in [0.2, 0.25) is 11.8 Å². The normalized spacial score (nSPS) is 18.6. The maximum atomic E-state index is 14.9. The summed E-state index contributed by atoms with van der Waals surface area (Å²) in [5.74, 6) is -1.31. The van der Waals surface area contributed by atoms with Crippen LogP contribution in [0.4, 0.5) is 4.39 Å². The van der Waals surface area contributed by atoms with Crippen LogP contribution in [0.3, 0.4) is 0 Å². The van der Waals surface area contributed by atoms with Crippen LogP contribution in [-0.2, 0) is 20.9 Å². The molecule has 3 unspecified atom stereocenters. The molecule has 2 aromatic rings. The van der Waals surface area contributed by atoms with Crippen LogP contribution < -0.4 is 5.73 Å². The number of esters is 1. The number of hydrogen-bond donors (Lipinski definition) is 1. The minimum atomic E-state index is -1.91. The third kappa shape index (κ3) is 6.50. The molecule has 3 atom stereocenters. The van der Waals surface area contributed by atoms with Gasteiger partial charge in [0.05, 0.1) is 30.8 Å². The SMILES string of the molecule is COC(=O)c1ccc(CN(C(=O)C2C[Si-](C)(C)CN2C(=O)C(N)C(C)(C)C)C(C)c2ccccc2F)cc1. The number of methoxy groups -OCH3 is 1. The summed E-state index contributed by atoms with van der Waals surface area (Å²) in [5.41, 5.74) is 7.46. The van der Waals surface area contributed by atoms with E-state index in [0.29, 0.717) is 23.3 Å². The van der Waals surface area contributed by atoms with E-state index >= 15 is 0 Å². The van der Waals surface area contributed by atoms with Crippen molar-refractivity contribution in [2.45, 2.75) is 71.5 Å². The fraction of sp³-hybridized carbons (Fsp3) is 0.483. The molecule has 9 heteroatoms. The number of amides is 2. The van der Waals surface area contributed by atoms with Crippen molar-refractivity contribution in [2.75, 3.05) is 13.3 Å². The van der Waals surface area contributed by atoms with E-state index in [1.807, 2.05) is 20.8 Å². The van der Waals surface area contributed by atoms with Crippen LogP contribution in [0.15, 0.2) is 48.5 Å². The zero-order valence-corrected chi connectivity index (χ0v) is 24.5. The third-order valence-corrected chi connectivity index (χ3v) is 10.0. The number of carbonyl (C=O) groups is 3. The van der Waals surface area contributed by atoms with Crippen molar-refractivity contribution in [2.24, 2.45) is 11.1 Å². The smallest absolute Gasteiger partial charge is 0.337 e. The van der Waals surface area contributed by atoms with Crippen LogP contribution in [0.2, 0.25) is 19.1 Å². The topological polar surface area (TPSA) is 92.9 Å². The average Bonchev–Trinajstić information content (AvgIpc) is 3.20. The Labute approximate surface area is 226 Å². The largest absolute Gasteiger partial charge is 0.465 e. The van der Waals surface area contributed by atoms with E-state index in [0.717, 1.165) is 5.56 Å². The molecule has 0 aromatic heterocycles. The summed E-state index contributed by atoms with van der Waals surface area (Å²) < 4.78 is 19.6. The first kappa shape index (κ1) is 29.5. The molecule has 2 amide bonds. The summed E-state index contributed by atoms with van der Waals surface area (Å²) >= 11 is 0. The Morgan fingerprint density at radius 1 is 1.13 bits per heavy atom. The number of carbonyl (C=O) groups excluding carboxylic acids is 3. The molecular formula is C29H40FN3O4Si-. The van der Waals surface area contributed by atoms with Crippen molar-refractivity contribution in [1.82, 2.24) is 9.80 Å². The first-order valence-electron chi connectivity index (χ1n) is 12.9. The fourth-order valence-electron chi connectivity index (χ4n) is 4.91.